The Kier molecular flexibility index (Phi) is 4.50. The monoisotopic (exact) mass is 276 g/mol. The fraction of sp³-hybridized carbons (Fsp3) is 0.294. The first-order valence-electron chi connectivity index (χ1n) is 6.67. The maximum atomic E-state index is 13.8. The molecule has 1 N–H and O–H groups in total. The fourth-order valence-corrected chi connectivity index (χ4v) is 2.26. The van der Waals surface area contributed by atoms with Gasteiger partial charge in [0.1, 0.15) is 0 Å². The van der Waals surface area contributed by atoms with Gasteiger partial charge in [-0.1, -0.05) is 36.4 Å². The molecule has 0 aliphatic rings. The van der Waals surface area contributed by atoms with Crippen LogP contribution in [0.25, 0.3) is 0 Å². The molecule has 0 aliphatic carbocycles. The van der Waals surface area contributed by atoms with Gasteiger partial charge in [0.2, 0.25) is 0 Å². The molecular formula is C17H18F2O. The van der Waals surface area contributed by atoms with Crippen LogP contribution in [0.2, 0.25) is 0 Å². The lowest BCUT2D eigenvalue weighted by Gasteiger charge is -2.14. The summed E-state index contributed by atoms with van der Waals surface area (Å²) in [6.45, 7) is 3.50. The second kappa shape index (κ2) is 6.14. The Bertz CT molecular complexity index is 608. The van der Waals surface area contributed by atoms with Gasteiger partial charge in [-0.2, -0.15) is 0 Å². The summed E-state index contributed by atoms with van der Waals surface area (Å²) in [6.07, 6.45) is -0.00254. The normalized spacial score (nSPS) is 12.4. The predicted molar refractivity (Wildman–Crippen MR) is 75.6 cm³/mol. The zero-order chi connectivity index (χ0) is 14.7. The summed E-state index contributed by atoms with van der Waals surface area (Å²) in [5.41, 5.74) is 2.52. The zero-order valence-corrected chi connectivity index (χ0v) is 11.7. The molecule has 1 unspecified atom stereocenters. The van der Waals surface area contributed by atoms with Crippen LogP contribution < -0.4 is 0 Å². The number of hydrogen-bond acceptors (Lipinski definition) is 1. The lowest BCUT2D eigenvalue weighted by atomic mass is 9.97. The number of aliphatic hydroxyl groups excluding tert-OH is 1. The van der Waals surface area contributed by atoms with Gasteiger partial charge < -0.3 is 5.11 Å². The third-order valence-corrected chi connectivity index (χ3v) is 3.61. The van der Waals surface area contributed by atoms with E-state index in [1.54, 1.807) is 0 Å². The third-order valence-electron chi connectivity index (χ3n) is 3.61. The molecule has 0 spiro atoms. The van der Waals surface area contributed by atoms with Crippen LogP contribution in [0.4, 0.5) is 8.78 Å². The van der Waals surface area contributed by atoms with Gasteiger partial charge in [0.15, 0.2) is 11.6 Å². The van der Waals surface area contributed by atoms with E-state index >= 15 is 0 Å². The summed E-state index contributed by atoms with van der Waals surface area (Å²) >= 11 is 0. The van der Waals surface area contributed by atoms with Gasteiger partial charge in [-0.05, 0) is 43.4 Å². The van der Waals surface area contributed by atoms with Gasteiger partial charge in [0, 0.05) is 5.56 Å². The van der Waals surface area contributed by atoms with Crippen molar-refractivity contribution in [2.75, 3.05) is 0 Å². The van der Waals surface area contributed by atoms with E-state index < -0.39 is 17.7 Å². The largest absolute Gasteiger partial charge is 0.388 e. The molecule has 0 aromatic heterocycles. The molecule has 3 heteroatoms. The molecule has 0 bridgehead atoms. The van der Waals surface area contributed by atoms with Crippen molar-refractivity contribution in [3.63, 3.8) is 0 Å². The molecule has 106 valence electrons. The molecular weight excluding hydrogens is 258 g/mol. The van der Waals surface area contributed by atoms with E-state index in [2.05, 4.69) is 0 Å². The number of benzene rings is 2. The Morgan fingerprint density at radius 1 is 0.950 bits per heavy atom. The van der Waals surface area contributed by atoms with Crippen LogP contribution in [0.15, 0.2) is 36.4 Å². The maximum absolute atomic E-state index is 13.8. The summed E-state index contributed by atoms with van der Waals surface area (Å²) in [4.78, 5) is 0. The summed E-state index contributed by atoms with van der Waals surface area (Å²) in [5, 5.41) is 10.1. The minimum absolute atomic E-state index is 0.0293. The molecule has 0 saturated heterocycles. The predicted octanol–water partition coefficient (Wildman–Crippen LogP) is 4.25. The molecule has 0 aliphatic heterocycles. The Morgan fingerprint density at radius 2 is 1.65 bits per heavy atom. The topological polar surface area (TPSA) is 20.2 Å². The third kappa shape index (κ3) is 3.05. The molecule has 1 atom stereocenters. The van der Waals surface area contributed by atoms with Gasteiger partial charge in [0.05, 0.1) is 6.10 Å². The maximum Gasteiger partial charge on any atom is 0.164 e. The molecule has 0 heterocycles. The summed E-state index contributed by atoms with van der Waals surface area (Å²) in [6, 6.07) is 10.8. The molecule has 0 fully saturated rings. The number of hydrogen-bond donors (Lipinski definition) is 1. The van der Waals surface area contributed by atoms with Gasteiger partial charge in [0.25, 0.3) is 0 Å². The highest BCUT2D eigenvalue weighted by atomic mass is 19.2. The number of rotatable bonds is 4. The van der Waals surface area contributed by atoms with Gasteiger partial charge in [-0.15, -0.1) is 0 Å². The van der Waals surface area contributed by atoms with Crippen molar-refractivity contribution < 1.29 is 13.9 Å². The summed E-state index contributed by atoms with van der Waals surface area (Å²) in [5.74, 6) is -1.82. The first-order valence-corrected chi connectivity index (χ1v) is 6.67. The van der Waals surface area contributed by atoms with Gasteiger partial charge >= 0.3 is 0 Å². The van der Waals surface area contributed by atoms with Crippen molar-refractivity contribution in [3.05, 3.63) is 70.3 Å². The van der Waals surface area contributed by atoms with Crippen LogP contribution in [0, 0.1) is 25.5 Å². The summed E-state index contributed by atoms with van der Waals surface area (Å²) in [7, 11) is 0. The Hall–Kier alpha value is -1.74. The minimum atomic E-state index is -0.996. The fourth-order valence-electron chi connectivity index (χ4n) is 2.26. The Morgan fingerprint density at radius 3 is 2.35 bits per heavy atom. The van der Waals surface area contributed by atoms with E-state index in [1.807, 2.05) is 31.2 Å². The quantitative estimate of drug-likeness (QED) is 0.885. The zero-order valence-electron chi connectivity index (χ0n) is 11.7. The highest BCUT2D eigenvalue weighted by Crippen LogP contribution is 2.25. The van der Waals surface area contributed by atoms with E-state index in [0.717, 1.165) is 11.1 Å². The van der Waals surface area contributed by atoms with Crippen LogP contribution >= 0.6 is 0 Å². The first-order chi connectivity index (χ1) is 9.50. The lowest BCUT2D eigenvalue weighted by Crippen LogP contribution is -2.05. The summed E-state index contributed by atoms with van der Waals surface area (Å²) < 4.78 is 27.3. The van der Waals surface area contributed by atoms with Crippen molar-refractivity contribution in [2.24, 2.45) is 0 Å². The van der Waals surface area contributed by atoms with Crippen molar-refractivity contribution in [3.8, 4) is 0 Å². The van der Waals surface area contributed by atoms with Crippen molar-refractivity contribution in [2.45, 2.75) is 32.8 Å². The highest BCUT2D eigenvalue weighted by Gasteiger charge is 2.17. The van der Waals surface area contributed by atoms with E-state index in [4.69, 9.17) is 0 Å². The Labute approximate surface area is 117 Å². The van der Waals surface area contributed by atoms with Crippen molar-refractivity contribution >= 4 is 0 Å². The van der Waals surface area contributed by atoms with Crippen LogP contribution in [0.5, 0.6) is 0 Å². The average molecular weight is 276 g/mol. The molecule has 0 radical (unpaired) electrons. The molecule has 2 aromatic rings. The molecule has 2 aromatic carbocycles. The standard InChI is InChI=1S/C17H18F2O/c1-11-5-3-4-6-13(11)8-10-15(20)14-9-7-12(2)16(18)17(14)19/h3-7,9,15,20H,8,10H2,1-2H3. The molecule has 20 heavy (non-hydrogen) atoms. The van der Waals surface area contributed by atoms with E-state index in [1.165, 1.54) is 19.1 Å². The second-order valence-electron chi connectivity index (χ2n) is 5.08. The number of halogens is 2. The average Bonchev–Trinajstić information content (AvgIpc) is 2.44. The van der Waals surface area contributed by atoms with Gasteiger partial charge in [-0.3, -0.25) is 0 Å². The smallest absolute Gasteiger partial charge is 0.164 e. The SMILES string of the molecule is Cc1ccccc1CCC(O)c1ccc(C)c(F)c1F. The first kappa shape index (κ1) is 14.7. The molecule has 0 amide bonds. The van der Waals surface area contributed by atoms with Gasteiger partial charge in [-0.25, -0.2) is 8.78 Å². The molecule has 2 rings (SSSR count). The van der Waals surface area contributed by atoms with Crippen LogP contribution in [0.1, 0.15) is 34.8 Å². The van der Waals surface area contributed by atoms with Crippen LogP contribution in [-0.4, -0.2) is 5.11 Å². The number of aliphatic hydroxyl groups is 1. The Balaban J connectivity index is 2.11. The number of aryl methyl sites for hydroxylation is 3. The molecule has 0 saturated carbocycles. The second-order valence-corrected chi connectivity index (χ2v) is 5.08. The van der Waals surface area contributed by atoms with E-state index in [-0.39, 0.29) is 11.1 Å². The van der Waals surface area contributed by atoms with E-state index in [0.29, 0.717) is 12.8 Å². The lowest BCUT2D eigenvalue weighted by molar-refractivity contribution is 0.162. The van der Waals surface area contributed by atoms with Crippen molar-refractivity contribution in [1.82, 2.24) is 0 Å². The van der Waals surface area contributed by atoms with Crippen LogP contribution in [0.3, 0.4) is 0 Å². The van der Waals surface area contributed by atoms with Crippen molar-refractivity contribution in [1.29, 1.82) is 0 Å². The molecule has 1 nitrogen and oxygen atoms in total. The van der Waals surface area contributed by atoms with E-state index in [9.17, 15) is 13.9 Å². The minimum Gasteiger partial charge on any atom is -0.388 e. The highest BCUT2D eigenvalue weighted by molar-refractivity contribution is 5.28. The van der Waals surface area contributed by atoms with Crippen LogP contribution in [-0.2, 0) is 6.42 Å².